The minimum absolute atomic E-state index is 0.00406. The number of esters is 4. The van der Waals surface area contributed by atoms with E-state index in [-0.39, 0.29) is 29.7 Å². The predicted molar refractivity (Wildman–Crippen MR) is 220 cm³/mol. The summed E-state index contributed by atoms with van der Waals surface area (Å²) in [5.41, 5.74) is -7.21. The molecule has 2 unspecified atom stereocenters. The molecule has 6 rings (SSSR count). The number of carbonyl (C=O) groups excluding carboxylic acids is 6. The van der Waals surface area contributed by atoms with Crippen molar-refractivity contribution in [2.75, 3.05) is 6.61 Å². The molecular formula is C45H55NO14S. The van der Waals surface area contributed by atoms with Crippen LogP contribution in [0.2, 0.25) is 0 Å². The Balaban J connectivity index is 1.54. The summed E-state index contributed by atoms with van der Waals surface area (Å²) in [5.74, 6) is -6.21. The lowest BCUT2D eigenvalue weighted by atomic mass is 9.44. The standard InChI is InChI=1S/C45H55NO14S/c1-23-28(58-39(53)33(50)32(26-16-12-10-13-17-26)46-40(54)61-41(4,5)6)21-45(55)37(59-38(52)27-18-14-11-15-19-27)35-43(9,29(49)20-30-44(35,22-56-30)60-25(3)48)36(51)34(57-24(2)47)31(23)42(45,7)8/h10-19,28-30,32-35,37,49-50,55H,20-22H2,1-9H3,(H,46,54)/t28-,29-,30?,32-,33+,34+,35-,37-,43+,44-,45?/m0/s1. The molecule has 1 aliphatic heterocycles. The number of fused-ring (bicyclic) bond motifs is 5. The molecule has 11 atom stereocenters. The Hall–Kier alpha value is -4.61. The van der Waals surface area contributed by atoms with Crippen LogP contribution in [0.4, 0.5) is 4.79 Å². The van der Waals surface area contributed by atoms with Gasteiger partial charge in [-0.3, -0.25) is 19.2 Å². The fourth-order valence-corrected chi connectivity index (χ4v) is 10.5. The van der Waals surface area contributed by atoms with Crippen LogP contribution in [0, 0.1) is 16.7 Å². The number of amides is 1. The summed E-state index contributed by atoms with van der Waals surface area (Å²) in [6.45, 7) is 13.5. The molecule has 2 saturated carbocycles. The van der Waals surface area contributed by atoms with Gasteiger partial charge >= 0.3 is 23.9 Å². The van der Waals surface area contributed by atoms with Crippen LogP contribution in [0.5, 0.6) is 0 Å². The van der Waals surface area contributed by atoms with E-state index in [0.717, 1.165) is 25.6 Å². The quantitative estimate of drug-likeness (QED) is 0.154. The first-order chi connectivity index (χ1) is 28.4. The van der Waals surface area contributed by atoms with Crippen molar-refractivity contribution in [3.05, 3.63) is 82.9 Å². The molecule has 0 aromatic heterocycles. The fraction of sp³-hybridized carbons (Fsp3) is 0.556. The van der Waals surface area contributed by atoms with Gasteiger partial charge < -0.3 is 44.3 Å². The van der Waals surface area contributed by atoms with Crippen molar-refractivity contribution >= 4 is 46.7 Å². The highest BCUT2D eigenvalue weighted by atomic mass is 32.2. The Kier molecular flexibility index (Phi) is 12.5. The molecular weight excluding hydrogens is 811 g/mol. The van der Waals surface area contributed by atoms with E-state index < -0.39 is 117 Å². The van der Waals surface area contributed by atoms with Gasteiger partial charge in [0, 0.05) is 36.9 Å². The van der Waals surface area contributed by atoms with Gasteiger partial charge in [-0.15, -0.1) is 0 Å². The maximum Gasteiger partial charge on any atom is 0.338 e. The number of hydrogen-bond acceptors (Lipinski definition) is 15. The summed E-state index contributed by atoms with van der Waals surface area (Å²) in [5, 5.41) is 39.6. The van der Waals surface area contributed by atoms with E-state index in [9.17, 15) is 39.3 Å². The third-order valence-corrected chi connectivity index (χ3v) is 13.7. The Morgan fingerprint density at radius 3 is 2.07 bits per heavy atom. The Bertz CT molecular complexity index is 2100. The number of hydrogen-bond donors (Lipinski definition) is 4. The molecule has 2 bridgehead atoms. The molecule has 3 aliphatic carbocycles. The van der Waals surface area contributed by atoms with Crippen molar-refractivity contribution in [2.45, 2.75) is 134 Å². The number of nitrogens with one attached hydrogen (secondary N) is 1. The van der Waals surface area contributed by atoms with E-state index in [4.69, 9.17) is 23.7 Å². The number of Topliss-reactive ketones (excluding diaryl/α,β-unsaturated/α-hetero) is 1. The minimum atomic E-state index is -2.38. The maximum atomic E-state index is 15.5. The highest BCUT2D eigenvalue weighted by molar-refractivity contribution is 8.14. The molecule has 1 amide bonds. The van der Waals surface area contributed by atoms with Crippen molar-refractivity contribution in [3.63, 3.8) is 0 Å². The zero-order chi connectivity index (χ0) is 45.0. The summed E-state index contributed by atoms with van der Waals surface area (Å²) in [7, 11) is 0. The second-order valence-corrected chi connectivity index (χ2v) is 20.0. The highest BCUT2D eigenvalue weighted by Crippen LogP contribution is 2.64. The van der Waals surface area contributed by atoms with Gasteiger partial charge in [0.05, 0.1) is 35.6 Å². The first-order valence-corrected chi connectivity index (χ1v) is 21.0. The number of benzene rings is 2. The second kappa shape index (κ2) is 16.6. The second-order valence-electron chi connectivity index (χ2n) is 18.2. The molecule has 0 radical (unpaired) electrons. The van der Waals surface area contributed by atoms with Crippen LogP contribution in [-0.4, -0.2) is 109 Å². The first kappa shape index (κ1) is 45.9. The van der Waals surface area contributed by atoms with E-state index in [0.29, 0.717) is 5.56 Å². The average molecular weight is 866 g/mol. The zero-order valence-electron chi connectivity index (χ0n) is 35.8. The third-order valence-electron chi connectivity index (χ3n) is 12.8. The van der Waals surface area contributed by atoms with Gasteiger partial charge in [-0.25, -0.2) is 9.59 Å². The number of thioether (sulfide) groups is 1. The first-order valence-electron chi connectivity index (χ1n) is 20.2. The smallest absolute Gasteiger partial charge is 0.338 e. The third kappa shape index (κ3) is 8.13. The molecule has 0 spiro atoms. The molecule has 15 nitrogen and oxygen atoms in total. The number of aliphatic hydroxyl groups is 3. The summed E-state index contributed by atoms with van der Waals surface area (Å²) in [6.07, 6.45) is -10.4. The molecule has 16 heteroatoms. The maximum absolute atomic E-state index is 15.5. The summed E-state index contributed by atoms with van der Waals surface area (Å²) < 4.78 is 29.7. The number of carbonyl (C=O) groups is 6. The average Bonchev–Trinajstić information content (AvgIpc) is 3.17. The topological polar surface area (TPSA) is 221 Å². The van der Waals surface area contributed by atoms with E-state index >= 15 is 4.79 Å². The van der Waals surface area contributed by atoms with Crippen LogP contribution in [-0.2, 0) is 42.9 Å². The van der Waals surface area contributed by atoms with E-state index in [1.54, 1.807) is 62.4 Å². The number of ketones is 1. The normalized spacial score (nSPS) is 32.6. The lowest BCUT2D eigenvalue weighted by Crippen LogP contribution is -2.82. The Morgan fingerprint density at radius 2 is 1.52 bits per heavy atom. The lowest BCUT2D eigenvalue weighted by Gasteiger charge is -2.67. The molecule has 4 N–H and O–H groups in total. The number of ether oxygens (including phenoxy) is 5. The van der Waals surface area contributed by atoms with Crippen LogP contribution < -0.4 is 5.32 Å². The van der Waals surface area contributed by atoms with E-state index in [1.807, 2.05) is 20.8 Å². The van der Waals surface area contributed by atoms with Gasteiger partial charge in [-0.2, -0.15) is 0 Å². The minimum Gasteiger partial charge on any atom is -0.456 e. The summed E-state index contributed by atoms with van der Waals surface area (Å²) in [6, 6.07) is 14.9. The molecule has 61 heavy (non-hydrogen) atoms. The Labute approximate surface area is 358 Å². The van der Waals surface area contributed by atoms with Gasteiger partial charge in [-0.05, 0) is 42.7 Å². The predicted octanol–water partition coefficient (Wildman–Crippen LogP) is 4.55. The fourth-order valence-electron chi connectivity index (χ4n) is 9.80. The molecule has 3 fully saturated rings. The number of aliphatic hydroxyl groups excluding tert-OH is 2. The van der Waals surface area contributed by atoms with Gasteiger partial charge in [0.25, 0.3) is 5.24 Å². The van der Waals surface area contributed by atoms with Crippen molar-refractivity contribution in [2.24, 2.45) is 16.7 Å². The molecule has 330 valence electrons. The lowest BCUT2D eigenvalue weighted by molar-refractivity contribution is -0.346. The van der Waals surface area contributed by atoms with Crippen molar-refractivity contribution in [1.29, 1.82) is 0 Å². The van der Waals surface area contributed by atoms with Gasteiger partial charge in [0.15, 0.2) is 23.6 Å². The highest BCUT2D eigenvalue weighted by Gasteiger charge is 2.78. The van der Waals surface area contributed by atoms with Crippen molar-refractivity contribution in [1.82, 2.24) is 5.32 Å². The molecule has 1 saturated heterocycles. The van der Waals surface area contributed by atoms with Crippen LogP contribution in [0.3, 0.4) is 0 Å². The van der Waals surface area contributed by atoms with Crippen LogP contribution in [0.1, 0.15) is 97.1 Å². The molecule has 1 heterocycles. The SMILES string of the molecule is CC(=O)O[C@H]1C(=O)[C@]2(C)[C@@H](O)CC3OC[C@@]3(OC(C)=O)[C@H]2[C@H](OC(=O)c2ccccc2)C2(O)C[C@H](OC(=O)[C@H](O)[C@@H](NC(=O)SC(C)(C)C)c3ccccc3)C(C)=C1C2(C)C. The largest absolute Gasteiger partial charge is 0.456 e. The van der Waals surface area contributed by atoms with Gasteiger partial charge in [0.1, 0.15) is 23.9 Å². The zero-order valence-corrected chi connectivity index (χ0v) is 36.6. The molecule has 2 aromatic rings. The van der Waals surface area contributed by atoms with E-state index in [1.165, 1.54) is 26.0 Å². The van der Waals surface area contributed by atoms with Crippen molar-refractivity contribution in [3.8, 4) is 0 Å². The Morgan fingerprint density at radius 1 is 0.918 bits per heavy atom. The van der Waals surface area contributed by atoms with Crippen molar-refractivity contribution < 1.29 is 67.8 Å². The summed E-state index contributed by atoms with van der Waals surface area (Å²) in [4.78, 5) is 83.1. The molecule has 4 aliphatic rings. The summed E-state index contributed by atoms with van der Waals surface area (Å²) >= 11 is 0.959. The monoisotopic (exact) mass is 865 g/mol. The molecule has 2 aromatic carbocycles. The van der Waals surface area contributed by atoms with Crippen LogP contribution >= 0.6 is 11.8 Å². The van der Waals surface area contributed by atoms with Gasteiger partial charge in [-0.1, -0.05) is 94.9 Å². The van der Waals surface area contributed by atoms with Crippen LogP contribution in [0.15, 0.2) is 71.8 Å². The van der Waals surface area contributed by atoms with E-state index in [2.05, 4.69) is 5.32 Å². The van der Waals surface area contributed by atoms with Gasteiger partial charge in [0.2, 0.25) is 0 Å². The number of rotatable bonds is 9. The van der Waals surface area contributed by atoms with Crippen LogP contribution in [0.25, 0.3) is 0 Å².